The molecule has 0 aromatic carbocycles. The molecule has 2 heterocycles. The highest BCUT2D eigenvalue weighted by Crippen LogP contribution is 2.19. The van der Waals surface area contributed by atoms with Crippen molar-refractivity contribution in [3.05, 3.63) is 16.4 Å². The molecule has 1 atom stereocenters. The molecule has 1 aromatic heterocycles. The first-order valence-electron chi connectivity index (χ1n) is 5.72. The molecule has 0 radical (unpaired) electrons. The van der Waals surface area contributed by atoms with Crippen LogP contribution in [-0.4, -0.2) is 39.7 Å². The lowest BCUT2D eigenvalue weighted by Crippen LogP contribution is -2.35. The number of hydrogen-bond acceptors (Lipinski definition) is 3. The second kappa shape index (κ2) is 5.18. The Morgan fingerprint density at radius 2 is 2.47 bits per heavy atom. The van der Waals surface area contributed by atoms with Gasteiger partial charge in [-0.1, -0.05) is 0 Å². The van der Waals surface area contributed by atoms with E-state index in [1.807, 2.05) is 13.2 Å². The predicted molar refractivity (Wildman–Crippen MR) is 68.4 cm³/mol. The van der Waals surface area contributed by atoms with E-state index in [0.717, 1.165) is 36.2 Å². The Morgan fingerprint density at radius 3 is 3.06 bits per heavy atom. The molecule has 0 saturated carbocycles. The monoisotopic (exact) mass is 300 g/mol. The molecule has 5 nitrogen and oxygen atoms in total. The third kappa shape index (κ3) is 3.29. The molecule has 17 heavy (non-hydrogen) atoms. The van der Waals surface area contributed by atoms with Crippen LogP contribution in [0.3, 0.4) is 0 Å². The Morgan fingerprint density at radius 1 is 1.71 bits per heavy atom. The van der Waals surface area contributed by atoms with Crippen molar-refractivity contribution in [1.29, 1.82) is 0 Å². The average molecular weight is 301 g/mol. The van der Waals surface area contributed by atoms with Crippen LogP contribution in [0.1, 0.15) is 19.0 Å². The van der Waals surface area contributed by atoms with Gasteiger partial charge in [-0.05, 0) is 22.4 Å². The molecular weight excluding hydrogens is 284 g/mol. The van der Waals surface area contributed by atoms with Crippen molar-refractivity contribution >= 4 is 21.8 Å². The number of halogens is 1. The fraction of sp³-hybridized carbons (Fsp3) is 0.636. The number of carbonyl (C=O) groups is 1. The van der Waals surface area contributed by atoms with Crippen molar-refractivity contribution in [3.8, 4) is 0 Å². The Labute approximate surface area is 109 Å². The van der Waals surface area contributed by atoms with E-state index >= 15 is 0 Å². The van der Waals surface area contributed by atoms with Crippen LogP contribution < -0.4 is 5.32 Å². The minimum absolute atomic E-state index is 0.0517. The first-order chi connectivity index (χ1) is 8.04. The first kappa shape index (κ1) is 12.6. The van der Waals surface area contributed by atoms with Crippen molar-refractivity contribution < 1.29 is 4.79 Å². The Kier molecular flexibility index (Phi) is 3.83. The molecule has 0 aliphatic carbocycles. The van der Waals surface area contributed by atoms with Crippen LogP contribution in [-0.2, 0) is 18.4 Å². The van der Waals surface area contributed by atoms with Gasteiger partial charge in [0.05, 0.1) is 10.2 Å². The van der Waals surface area contributed by atoms with Gasteiger partial charge in [-0.25, -0.2) is 0 Å². The van der Waals surface area contributed by atoms with Gasteiger partial charge < -0.3 is 5.32 Å². The quantitative estimate of drug-likeness (QED) is 0.902. The highest BCUT2D eigenvalue weighted by molar-refractivity contribution is 9.10. The number of amides is 1. The maximum Gasteiger partial charge on any atom is 0.217 e. The number of nitrogens with zero attached hydrogens (tertiary/aromatic N) is 3. The smallest absolute Gasteiger partial charge is 0.217 e. The van der Waals surface area contributed by atoms with Crippen molar-refractivity contribution in [1.82, 2.24) is 20.0 Å². The molecule has 2 rings (SSSR count). The molecule has 1 saturated heterocycles. The van der Waals surface area contributed by atoms with Crippen LogP contribution in [0.2, 0.25) is 0 Å². The van der Waals surface area contributed by atoms with Crippen molar-refractivity contribution in [2.24, 2.45) is 7.05 Å². The molecular formula is C11H17BrN4O. The molecule has 0 bridgehead atoms. The molecule has 6 heteroatoms. The van der Waals surface area contributed by atoms with Crippen LogP contribution >= 0.6 is 15.9 Å². The minimum Gasteiger partial charge on any atom is -0.352 e. The van der Waals surface area contributed by atoms with Gasteiger partial charge in [-0.15, -0.1) is 0 Å². The Balaban J connectivity index is 1.89. The van der Waals surface area contributed by atoms with Crippen molar-refractivity contribution in [2.45, 2.75) is 25.9 Å². The summed E-state index contributed by atoms with van der Waals surface area (Å²) in [6, 6.07) is 0.287. The van der Waals surface area contributed by atoms with Crippen LogP contribution in [0.4, 0.5) is 0 Å². The molecule has 1 N–H and O–H groups in total. The summed E-state index contributed by atoms with van der Waals surface area (Å²) in [6.07, 6.45) is 2.97. The van der Waals surface area contributed by atoms with E-state index in [4.69, 9.17) is 0 Å². The van der Waals surface area contributed by atoms with Gasteiger partial charge >= 0.3 is 0 Å². The lowest BCUT2D eigenvalue weighted by atomic mass is 10.2. The van der Waals surface area contributed by atoms with Crippen LogP contribution in [0.5, 0.6) is 0 Å². The second-order valence-electron chi connectivity index (χ2n) is 4.52. The lowest BCUT2D eigenvalue weighted by molar-refractivity contribution is -0.119. The Hall–Kier alpha value is -0.880. The molecule has 1 unspecified atom stereocenters. The molecule has 1 aliphatic heterocycles. The normalized spacial score (nSPS) is 20.8. The van der Waals surface area contributed by atoms with Gasteiger partial charge in [0, 0.05) is 45.8 Å². The number of likely N-dealkylation sites (tertiary alicyclic amines) is 1. The summed E-state index contributed by atoms with van der Waals surface area (Å²) in [5.74, 6) is 0.0517. The SMILES string of the molecule is CC(=O)NC1CCN(Cc2nn(C)cc2Br)C1. The first-order valence-corrected chi connectivity index (χ1v) is 6.51. The lowest BCUT2D eigenvalue weighted by Gasteiger charge is -2.15. The zero-order valence-corrected chi connectivity index (χ0v) is 11.7. The van der Waals surface area contributed by atoms with E-state index in [9.17, 15) is 4.79 Å². The van der Waals surface area contributed by atoms with Gasteiger partial charge in [-0.3, -0.25) is 14.4 Å². The summed E-state index contributed by atoms with van der Waals surface area (Å²) >= 11 is 3.50. The van der Waals surface area contributed by atoms with Crippen LogP contribution in [0.15, 0.2) is 10.7 Å². The van der Waals surface area contributed by atoms with Crippen molar-refractivity contribution in [2.75, 3.05) is 13.1 Å². The van der Waals surface area contributed by atoms with E-state index in [1.165, 1.54) is 0 Å². The fourth-order valence-corrected chi connectivity index (χ4v) is 2.71. The molecule has 1 aliphatic rings. The molecule has 0 spiro atoms. The standard InChI is InChI=1S/C11H17BrN4O/c1-8(17)13-9-3-4-16(5-9)7-11-10(12)6-15(2)14-11/h6,9H,3-5,7H2,1-2H3,(H,13,17). The van der Waals surface area contributed by atoms with Gasteiger partial charge in [0.2, 0.25) is 5.91 Å². The summed E-state index contributed by atoms with van der Waals surface area (Å²) in [5.41, 5.74) is 1.05. The summed E-state index contributed by atoms with van der Waals surface area (Å²) < 4.78 is 2.85. The number of aromatic nitrogens is 2. The topological polar surface area (TPSA) is 50.2 Å². The highest BCUT2D eigenvalue weighted by Gasteiger charge is 2.24. The van der Waals surface area contributed by atoms with E-state index in [-0.39, 0.29) is 11.9 Å². The zero-order chi connectivity index (χ0) is 12.4. The maximum absolute atomic E-state index is 11.0. The van der Waals surface area contributed by atoms with Crippen LogP contribution in [0.25, 0.3) is 0 Å². The van der Waals surface area contributed by atoms with E-state index in [0.29, 0.717) is 0 Å². The minimum atomic E-state index is 0.0517. The second-order valence-corrected chi connectivity index (χ2v) is 5.37. The largest absolute Gasteiger partial charge is 0.352 e. The molecule has 94 valence electrons. The van der Waals surface area contributed by atoms with E-state index in [2.05, 4.69) is 31.2 Å². The van der Waals surface area contributed by atoms with E-state index in [1.54, 1.807) is 11.6 Å². The maximum atomic E-state index is 11.0. The molecule has 1 aromatic rings. The third-order valence-electron chi connectivity index (χ3n) is 2.91. The van der Waals surface area contributed by atoms with Gasteiger partial charge in [0.15, 0.2) is 0 Å². The number of rotatable bonds is 3. The average Bonchev–Trinajstić information content (AvgIpc) is 2.74. The number of aryl methyl sites for hydroxylation is 1. The van der Waals surface area contributed by atoms with Gasteiger partial charge in [-0.2, -0.15) is 5.10 Å². The zero-order valence-electron chi connectivity index (χ0n) is 10.1. The predicted octanol–water partition coefficient (Wildman–Crippen LogP) is 0.893. The highest BCUT2D eigenvalue weighted by atomic mass is 79.9. The summed E-state index contributed by atoms with van der Waals surface area (Å²) in [4.78, 5) is 13.3. The number of carbonyl (C=O) groups excluding carboxylic acids is 1. The fourth-order valence-electron chi connectivity index (χ4n) is 2.21. The van der Waals surface area contributed by atoms with Gasteiger partial charge in [0.1, 0.15) is 0 Å². The Bertz CT molecular complexity index is 418. The number of nitrogens with one attached hydrogen (secondary N) is 1. The third-order valence-corrected chi connectivity index (χ3v) is 3.57. The summed E-state index contributed by atoms with van der Waals surface area (Å²) in [5, 5.41) is 7.36. The van der Waals surface area contributed by atoms with Crippen LogP contribution in [0, 0.1) is 0 Å². The van der Waals surface area contributed by atoms with Crippen molar-refractivity contribution in [3.63, 3.8) is 0 Å². The van der Waals surface area contributed by atoms with Gasteiger partial charge in [0.25, 0.3) is 0 Å². The van der Waals surface area contributed by atoms with E-state index < -0.39 is 0 Å². The summed E-state index contributed by atoms with van der Waals surface area (Å²) in [7, 11) is 1.92. The molecule has 1 amide bonds. The number of hydrogen-bond donors (Lipinski definition) is 1. The summed E-state index contributed by atoms with van der Waals surface area (Å²) in [6.45, 7) is 4.31. The molecule has 1 fully saturated rings.